The standard InChI is InChI=1S/C21H21N5O3/c1-11-6-16(7-12(2)13(11)3)24-20-22-9-14(10-27)19(26-20)23-15-4-5-18-17(8-15)25-21(28)29-18/h4-9,27H,10H2,1-3H3,(H,25,28)(H2,22,23,24,26). The number of aryl methyl sites for hydroxylation is 2. The lowest BCUT2D eigenvalue weighted by molar-refractivity contribution is 0.281. The van der Waals surface area contributed by atoms with Crippen molar-refractivity contribution in [1.82, 2.24) is 15.0 Å². The van der Waals surface area contributed by atoms with Crippen LogP contribution in [0.25, 0.3) is 11.1 Å². The summed E-state index contributed by atoms with van der Waals surface area (Å²) in [7, 11) is 0. The van der Waals surface area contributed by atoms with Crippen molar-refractivity contribution in [3.63, 3.8) is 0 Å². The molecular formula is C21H21N5O3. The van der Waals surface area contributed by atoms with E-state index in [2.05, 4.69) is 46.4 Å². The van der Waals surface area contributed by atoms with Crippen molar-refractivity contribution in [2.75, 3.05) is 10.6 Å². The summed E-state index contributed by atoms with van der Waals surface area (Å²) in [6.07, 6.45) is 1.57. The van der Waals surface area contributed by atoms with Gasteiger partial charge in [-0.15, -0.1) is 0 Å². The van der Waals surface area contributed by atoms with E-state index in [-0.39, 0.29) is 6.61 Å². The second-order valence-electron chi connectivity index (χ2n) is 6.94. The Morgan fingerprint density at radius 2 is 1.83 bits per heavy atom. The van der Waals surface area contributed by atoms with Gasteiger partial charge in [-0.25, -0.2) is 9.78 Å². The zero-order chi connectivity index (χ0) is 20.5. The second-order valence-corrected chi connectivity index (χ2v) is 6.94. The lowest BCUT2D eigenvalue weighted by Gasteiger charge is -2.13. The van der Waals surface area contributed by atoms with Crippen molar-refractivity contribution in [2.45, 2.75) is 27.4 Å². The lowest BCUT2D eigenvalue weighted by Crippen LogP contribution is -2.05. The molecule has 4 rings (SSSR count). The maximum Gasteiger partial charge on any atom is 0.417 e. The van der Waals surface area contributed by atoms with Gasteiger partial charge in [0.15, 0.2) is 5.58 Å². The highest BCUT2D eigenvalue weighted by molar-refractivity contribution is 5.78. The van der Waals surface area contributed by atoms with Gasteiger partial charge in [0.05, 0.1) is 12.1 Å². The summed E-state index contributed by atoms with van der Waals surface area (Å²) in [6.45, 7) is 6.00. The van der Waals surface area contributed by atoms with Crippen molar-refractivity contribution in [1.29, 1.82) is 0 Å². The molecule has 0 amide bonds. The molecule has 0 atom stereocenters. The molecule has 0 spiro atoms. The normalized spacial score (nSPS) is 11.0. The minimum absolute atomic E-state index is 0.212. The van der Waals surface area contributed by atoms with E-state index >= 15 is 0 Å². The number of aliphatic hydroxyl groups is 1. The number of aromatic amines is 1. The van der Waals surface area contributed by atoms with Crippen LogP contribution in [0, 0.1) is 20.8 Å². The van der Waals surface area contributed by atoms with Crippen molar-refractivity contribution in [3.8, 4) is 0 Å². The molecule has 148 valence electrons. The molecular weight excluding hydrogens is 370 g/mol. The summed E-state index contributed by atoms with van der Waals surface area (Å²) in [5.74, 6) is 0.367. The van der Waals surface area contributed by atoms with E-state index in [1.165, 1.54) is 16.7 Å². The largest absolute Gasteiger partial charge is 0.417 e. The van der Waals surface area contributed by atoms with Crippen LogP contribution in [0.1, 0.15) is 22.3 Å². The summed E-state index contributed by atoms with van der Waals surface area (Å²) in [5, 5.41) is 16.0. The number of aromatic nitrogens is 3. The van der Waals surface area contributed by atoms with Gasteiger partial charge in [-0.05, 0) is 67.8 Å². The summed E-state index contributed by atoms with van der Waals surface area (Å²) < 4.78 is 5.02. The van der Waals surface area contributed by atoms with Crippen LogP contribution < -0.4 is 16.4 Å². The number of fused-ring (bicyclic) bond motifs is 1. The molecule has 0 radical (unpaired) electrons. The number of nitrogens with one attached hydrogen (secondary N) is 3. The first-order chi connectivity index (χ1) is 13.9. The first-order valence-electron chi connectivity index (χ1n) is 9.14. The Labute approximate surface area is 166 Å². The maximum absolute atomic E-state index is 11.3. The van der Waals surface area contributed by atoms with Crippen molar-refractivity contribution < 1.29 is 9.52 Å². The van der Waals surface area contributed by atoms with Gasteiger partial charge < -0.3 is 20.2 Å². The molecule has 4 N–H and O–H groups in total. The summed E-state index contributed by atoms with van der Waals surface area (Å²) in [4.78, 5) is 22.8. The summed E-state index contributed by atoms with van der Waals surface area (Å²) >= 11 is 0. The van der Waals surface area contributed by atoms with E-state index < -0.39 is 5.76 Å². The van der Waals surface area contributed by atoms with E-state index in [0.29, 0.717) is 34.1 Å². The van der Waals surface area contributed by atoms with Gasteiger partial charge in [0.2, 0.25) is 5.95 Å². The Morgan fingerprint density at radius 1 is 1.07 bits per heavy atom. The lowest BCUT2D eigenvalue weighted by atomic mass is 10.0. The average Bonchev–Trinajstić information content (AvgIpc) is 3.05. The highest BCUT2D eigenvalue weighted by Crippen LogP contribution is 2.25. The van der Waals surface area contributed by atoms with Crippen LogP contribution in [-0.2, 0) is 6.61 Å². The molecule has 0 saturated carbocycles. The third-order valence-corrected chi connectivity index (χ3v) is 4.90. The van der Waals surface area contributed by atoms with Crippen LogP contribution in [0.15, 0.2) is 45.7 Å². The van der Waals surface area contributed by atoms with Gasteiger partial charge >= 0.3 is 5.76 Å². The molecule has 2 heterocycles. The van der Waals surface area contributed by atoms with E-state index in [9.17, 15) is 9.90 Å². The summed E-state index contributed by atoms with van der Waals surface area (Å²) in [5.41, 5.74) is 6.79. The fourth-order valence-electron chi connectivity index (χ4n) is 3.09. The topological polar surface area (TPSA) is 116 Å². The number of oxazole rings is 1. The molecule has 8 heteroatoms. The molecule has 0 fully saturated rings. The maximum atomic E-state index is 11.3. The fourth-order valence-corrected chi connectivity index (χ4v) is 3.09. The molecule has 2 aromatic carbocycles. The van der Waals surface area contributed by atoms with Crippen molar-refractivity contribution in [2.24, 2.45) is 0 Å². The van der Waals surface area contributed by atoms with Crippen LogP contribution in [-0.4, -0.2) is 20.1 Å². The molecule has 0 aliphatic heterocycles. The van der Waals surface area contributed by atoms with Crippen molar-refractivity contribution >= 4 is 34.2 Å². The van der Waals surface area contributed by atoms with Crippen LogP contribution in [0.4, 0.5) is 23.1 Å². The number of H-pyrrole nitrogens is 1. The molecule has 0 aliphatic rings. The Hall–Kier alpha value is -3.65. The van der Waals surface area contributed by atoms with Crippen LogP contribution in [0.3, 0.4) is 0 Å². The molecule has 0 bridgehead atoms. The van der Waals surface area contributed by atoms with Crippen LogP contribution in [0.2, 0.25) is 0 Å². The molecule has 2 aromatic heterocycles. The van der Waals surface area contributed by atoms with Crippen molar-refractivity contribution in [3.05, 3.63) is 69.3 Å². The molecule has 0 aliphatic carbocycles. The van der Waals surface area contributed by atoms with Gasteiger partial charge in [-0.2, -0.15) is 4.98 Å². The zero-order valence-electron chi connectivity index (χ0n) is 16.3. The predicted octanol–water partition coefficient (Wildman–Crippen LogP) is 3.82. The average molecular weight is 391 g/mol. The molecule has 0 saturated heterocycles. The first-order valence-corrected chi connectivity index (χ1v) is 9.14. The SMILES string of the molecule is Cc1cc(Nc2ncc(CO)c(Nc3ccc4oc(=O)[nH]c4c3)n2)cc(C)c1C. The zero-order valence-corrected chi connectivity index (χ0v) is 16.3. The molecule has 4 aromatic rings. The first kappa shape index (κ1) is 18.7. The number of benzene rings is 2. The Morgan fingerprint density at radius 3 is 2.55 bits per heavy atom. The highest BCUT2D eigenvalue weighted by atomic mass is 16.4. The number of hydrogen-bond acceptors (Lipinski definition) is 7. The highest BCUT2D eigenvalue weighted by Gasteiger charge is 2.10. The number of rotatable bonds is 5. The number of aliphatic hydroxyl groups excluding tert-OH is 1. The number of hydrogen-bond donors (Lipinski definition) is 4. The predicted molar refractivity (Wildman–Crippen MR) is 112 cm³/mol. The Kier molecular flexibility index (Phi) is 4.77. The Bertz CT molecular complexity index is 1240. The minimum Gasteiger partial charge on any atom is -0.408 e. The van der Waals surface area contributed by atoms with Crippen LogP contribution in [0.5, 0.6) is 0 Å². The number of anilines is 4. The smallest absolute Gasteiger partial charge is 0.408 e. The fraction of sp³-hybridized carbons (Fsp3) is 0.190. The van der Waals surface area contributed by atoms with E-state index in [0.717, 1.165) is 5.69 Å². The van der Waals surface area contributed by atoms with Gasteiger partial charge in [0.1, 0.15) is 5.82 Å². The third-order valence-electron chi connectivity index (χ3n) is 4.90. The van der Waals surface area contributed by atoms with Gasteiger partial charge in [0.25, 0.3) is 0 Å². The molecule has 8 nitrogen and oxygen atoms in total. The Balaban J connectivity index is 1.64. The van der Waals surface area contributed by atoms with Gasteiger partial charge in [-0.1, -0.05) is 0 Å². The van der Waals surface area contributed by atoms with Gasteiger partial charge in [0, 0.05) is 23.1 Å². The quantitative estimate of drug-likeness (QED) is 0.409. The van der Waals surface area contributed by atoms with E-state index in [4.69, 9.17) is 4.42 Å². The van der Waals surface area contributed by atoms with E-state index in [1.54, 1.807) is 24.4 Å². The van der Waals surface area contributed by atoms with E-state index in [1.807, 2.05) is 12.1 Å². The second kappa shape index (κ2) is 7.40. The van der Waals surface area contributed by atoms with Crippen LogP contribution >= 0.6 is 0 Å². The molecule has 29 heavy (non-hydrogen) atoms. The summed E-state index contributed by atoms with van der Waals surface area (Å²) in [6, 6.07) is 9.28. The number of nitrogens with zero attached hydrogens (tertiary/aromatic N) is 2. The molecule has 0 unspecified atom stereocenters. The minimum atomic E-state index is -0.509. The monoisotopic (exact) mass is 391 g/mol. The third kappa shape index (κ3) is 3.83. The van der Waals surface area contributed by atoms with Gasteiger partial charge in [-0.3, -0.25) is 4.98 Å².